The van der Waals surface area contributed by atoms with Crippen molar-refractivity contribution in [3.63, 3.8) is 0 Å². The molecule has 102 valence electrons. The third-order valence-corrected chi connectivity index (χ3v) is 3.49. The number of nitrogens with zero attached hydrogens (tertiary/aromatic N) is 4. The molecule has 0 bridgehead atoms. The predicted octanol–water partition coefficient (Wildman–Crippen LogP) is 2.70. The van der Waals surface area contributed by atoms with E-state index < -0.39 is 0 Å². The average molecular weight is 277 g/mol. The molecule has 0 amide bonds. The molecule has 0 aliphatic rings. The van der Waals surface area contributed by atoms with Gasteiger partial charge in [-0.3, -0.25) is 0 Å². The van der Waals surface area contributed by atoms with Crippen molar-refractivity contribution < 1.29 is 0 Å². The third kappa shape index (κ3) is 3.89. The number of nitrogens with one attached hydrogen (secondary N) is 1. The van der Waals surface area contributed by atoms with Crippen LogP contribution in [0.4, 0.5) is 11.6 Å². The van der Waals surface area contributed by atoms with E-state index in [1.165, 1.54) is 0 Å². The van der Waals surface area contributed by atoms with Crippen LogP contribution in [-0.2, 0) is 6.54 Å². The SMILES string of the molecule is CCCNc1cc(N(C)Cc2csc(C)n2)ncn1. The number of rotatable bonds is 6. The molecule has 0 fully saturated rings. The van der Waals surface area contributed by atoms with Crippen molar-refractivity contribution in [2.24, 2.45) is 0 Å². The van der Waals surface area contributed by atoms with E-state index in [4.69, 9.17) is 0 Å². The van der Waals surface area contributed by atoms with E-state index in [0.29, 0.717) is 0 Å². The Morgan fingerprint density at radius 1 is 1.37 bits per heavy atom. The molecule has 0 atom stereocenters. The Bertz CT molecular complexity index is 525. The molecule has 19 heavy (non-hydrogen) atoms. The van der Waals surface area contributed by atoms with Gasteiger partial charge in [0.15, 0.2) is 0 Å². The lowest BCUT2D eigenvalue weighted by Gasteiger charge is -2.17. The average Bonchev–Trinajstić information content (AvgIpc) is 2.82. The lowest BCUT2D eigenvalue weighted by Crippen LogP contribution is -2.18. The Labute approximate surface area is 117 Å². The van der Waals surface area contributed by atoms with Crippen LogP contribution in [0.5, 0.6) is 0 Å². The highest BCUT2D eigenvalue weighted by Gasteiger charge is 2.07. The zero-order valence-corrected chi connectivity index (χ0v) is 12.4. The second kappa shape index (κ2) is 6.47. The van der Waals surface area contributed by atoms with Gasteiger partial charge in [-0.05, 0) is 13.3 Å². The van der Waals surface area contributed by atoms with Crippen LogP contribution < -0.4 is 10.2 Å². The normalized spacial score (nSPS) is 10.5. The lowest BCUT2D eigenvalue weighted by atomic mass is 10.4. The Morgan fingerprint density at radius 2 is 2.21 bits per heavy atom. The van der Waals surface area contributed by atoms with E-state index in [1.807, 2.05) is 20.0 Å². The van der Waals surface area contributed by atoms with Crippen LogP contribution in [0.25, 0.3) is 0 Å². The molecule has 0 spiro atoms. The summed E-state index contributed by atoms with van der Waals surface area (Å²) in [5.74, 6) is 1.77. The first-order valence-electron chi connectivity index (χ1n) is 6.37. The highest BCUT2D eigenvalue weighted by atomic mass is 32.1. The maximum absolute atomic E-state index is 4.47. The first-order chi connectivity index (χ1) is 9.19. The molecule has 0 radical (unpaired) electrons. The summed E-state index contributed by atoms with van der Waals surface area (Å²) in [6.07, 6.45) is 2.67. The summed E-state index contributed by atoms with van der Waals surface area (Å²) in [6.45, 7) is 5.83. The second-order valence-electron chi connectivity index (χ2n) is 4.40. The van der Waals surface area contributed by atoms with Crippen molar-refractivity contribution in [1.29, 1.82) is 0 Å². The summed E-state index contributed by atoms with van der Waals surface area (Å²) in [5, 5.41) is 6.45. The van der Waals surface area contributed by atoms with E-state index in [-0.39, 0.29) is 0 Å². The molecule has 2 rings (SSSR count). The van der Waals surface area contributed by atoms with Gasteiger partial charge in [0.05, 0.1) is 17.2 Å². The number of thiazole rings is 1. The number of hydrogen-bond donors (Lipinski definition) is 1. The topological polar surface area (TPSA) is 53.9 Å². The summed E-state index contributed by atoms with van der Waals surface area (Å²) in [5.41, 5.74) is 1.08. The summed E-state index contributed by atoms with van der Waals surface area (Å²) in [6, 6.07) is 1.97. The molecule has 2 aromatic rings. The minimum absolute atomic E-state index is 0.759. The molecule has 2 heterocycles. The van der Waals surface area contributed by atoms with Crippen molar-refractivity contribution in [2.45, 2.75) is 26.8 Å². The zero-order valence-electron chi connectivity index (χ0n) is 11.6. The molecular weight excluding hydrogens is 258 g/mol. The maximum atomic E-state index is 4.47. The van der Waals surface area contributed by atoms with Crippen LogP contribution in [0, 0.1) is 6.92 Å². The van der Waals surface area contributed by atoms with E-state index in [1.54, 1.807) is 17.7 Å². The molecule has 0 aliphatic carbocycles. The Hall–Kier alpha value is -1.69. The first-order valence-corrected chi connectivity index (χ1v) is 7.25. The van der Waals surface area contributed by atoms with Gasteiger partial charge in [0, 0.05) is 25.0 Å². The van der Waals surface area contributed by atoms with E-state index >= 15 is 0 Å². The van der Waals surface area contributed by atoms with Gasteiger partial charge >= 0.3 is 0 Å². The van der Waals surface area contributed by atoms with Crippen molar-refractivity contribution in [3.05, 3.63) is 28.5 Å². The number of anilines is 2. The minimum atomic E-state index is 0.759. The second-order valence-corrected chi connectivity index (χ2v) is 5.46. The lowest BCUT2D eigenvalue weighted by molar-refractivity contribution is 0.864. The fourth-order valence-electron chi connectivity index (χ4n) is 1.71. The predicted molar refractivity (Wildman–Crippen MR) is 79.8 cm³/mol. The fourth-order valence-corrected chi connectivity index (χ4v) is 2.31. The summed E-state index contributed by atoms with van der Waals surface area (Å²) >= 11 is 1.67. The van der Waals surface area contributed by atoms with Crippen molar-refractivity contribution in [2.75, 3.05) is 23.8 Å². The monoisotopic (exact) mass is 277 g/mol. The Kier molecular flexibility index (Phi) is 4.68. The fraction of sp³-hybridized carbons (Fsp3) is 0.462. The van der Waals surface area contributed by atoms with Gasteiger partial charge in [0.25, 0.3) is 0 Å². The van der Waals surface area contributed by atoms with Gasteiger partial charge < -0.3 is 10.2 Å². The van der Waals surface area contributed by atoms with Crippen LogP contribution in [0.2, 0.25) is 0 Å². The van der Waals surface area contributed by atoms with Gasteiger partial charge in [-0.1, -0.05) is 6.92 Å². The van der Waals surface area contributed by atoms with Gasteiger partial charge in [-0.25, -0.2) is 15.0 Å². The smallest absolute Gasteiger partial charge is 0.134 e. The van der Waals surface area contributed by atoms with Crippen LogP contribution in [-0.4, -0.2) is 28.5 Å². The molecule has 0 aliphatic heterocycles. The minimum Gasteiger partial charge on any atom is -0.370 e. The first kappa shape index (κ1) is 13.7. The highest BCUT2D eigenvalue weighted by Crippen LogP contribution is 2.16. The van der Waals surface area contributed by atoms with Gasteiger partial charge in [-0.15, -0.1) is 11.3 Å². The van der Waals surface area contributed by atoms with Gasteiger partial charge in [-0.2, -0.15) is 0 Å². The summed E-state index contributed by atoms with van der Waals surface area (Å²) < 4.78 is 0. The third-order valence-electron chi connectivity index (χ3n) is 2.67. The molecule has 2 aromatic heterocycles. The van der Waals surface area contributed by atoms with Crippen LogP contribution >= 0.6 is 11.3 Å². The molecule has 1 N–H and O–H groups in total. The highest BCUT2D eigenvalue weighted by molar-refractivity contribution is 7.09. The molecule has 0 unspecified atom stereocenters. The molecular formula is C13H19N5S. The quantitative estimate of drug-likeness (QED) is 0.880. The Balaban J connectivity index is 2.03. The standard InChI is InChI=1S/C13H19N5S/c1-4-5-14-12-6-13(16-9-15-12)18(3)7-11-8-19-10(2)17-11/h6,8-9H,4-5,7H2,1-3H3,(H,14,15,16). The zero-order chi connectivity index (χ0) is 13.7. The van der Waals surface area contributed by atoms with Gasteiger partial charge in [0.1, 0.15) is 18.0 Å². The summed E-state index contributed by atoms with van der Waals surface area (Å²) in [4.78, 5) is 15.1. The van der Waals surface area contributed by atoms with Crippen LogP contribution in [0.3, 0.4) is 0 Å². The molecule has 0 aromatic carbocycles. The molecule has 0 saturated heterocycles. The van der Waals surface area contributed by atoms with Crippen LogP contribution in [0.15, 0.2) is 17.8 Å². The van der Waals surface area contributed by atoms with E-state index in [0.717, 1.165) is 41.8 Å². The van der Waals surface area contributed by atoms with E-state index in [2.05, 4.69) is 37.5 Å². The maximum Gasteiger partial charge on any atom is 0.134 e. The summed E-state index contributed by atoms with van der Waals surface area (Å²) in [7, 11) is 2.01. The number of hydrogen-bond acceptors (Lipinski definition) is 6. The van der Waals surface area contributed by atoms with Gasteiger partial charge in [0.2, 0.25) is 0 Å². The van der Waals surface area contributed by atoms with Crippen molar-refractivity contribution in [1.82, 2.24) is 15.0 Å². The number of aromatic nitrogens is 3. The molecule has 0 saturated carbocycles. The molecule has 5 nitrogen and oxygen atoms in total. The van der Waals surface area contributed by atoms with Crippen molar-refractivity contribution in [3.8, 4) is 0 Å². The number of aryl methyl sites for hydroxylation is 1. The van der Waals surface area contributed by atoms with Crippen LogP contribution in [0.1, 0.15) is 24.0 Å². The molecule has 6 heteroatoms. The van der Waals surface area contributed by atoms with E-state index in [9.17, 15) is 0 Å². The van der Waals surface area contributed by atoms with Crippen molar-refractivity contribution >= 4 is 23.0 Å². The largest absolute Gasteiger partial charge is 0.370 e. The Morgan fingerprint density at radius 3 is 2.89 bits per heavy atom.